The summed E-state index contributed by atoms with van der Waals surface area (Å²) in [5, 5.41) is 0. The van der Waals surface area contributed by atoms with Gasteiger partial charge in [-0.05, 0) is 26.2 Å². The van der Waals surface area contributed by atoms with Crippen molar-refractivity contribution in [1.82, 2.24) is 0 Å². The van der Waals surface area contributed by atoms with Gasteiger partial charge in [0, 0.05) is 6.42 Å². The fraction of sp³-hybridized carbons (Fsp3) is 0.692. The summed E-state index contributed by atoms with van der Waals surface area (Å²) in [6.45, 7) is 4.08. The molecule has 0 radical (unpaired) electrons. The summed E-state index contributed by atoms with van der Waals surface area (Å²) in [6, 6.07) is 0. The van der Waals surface area contributed by atoms with Crippen molar-refractivity contribution >= 4 is 11.8 Å². The van der Waals surface area contributed by atoms with Crippen LogP contribution in [0.5, 0.6) is 0 Å². The molecule has 0 aromatic rings. The van der Waals surface area contributed by atoms with E-state index in [1.54, 1.807) is 13.0 Å². The van der Waals surface area contributed by atoms with Crippen LogP contribution in [0.3, 0.4) is 0 Å². The minimum absolute atomic E-state index is 0.0156. The summed E-state index contributed by atoms with van der Waals surface area (Å²) in [4.78, 5) is 23.9. The van der Waals surface area contributed by atoms with E-state index in [2.05, 4.69) is 0 Å². The van der Waals surface area contributed by atoms with Crippen LogP contribution < -0.4 is 0 Å². The summed E-state index contributed by atoms with van der Waals surface area (Å²) < 4.78 is 5.04. The highest BCUT2D eigenvalue weighted by atomic mass is 16.5. The van der Waals surface area contributed by atoms with Crippen molar-refractivity contribution in [3.8, 4) is 0 Å². The van der Waals surface area contributed by atoms with E-state index in [4.69, 9.17) is 4.74 Å². The standard InChI is InChI=1S/C13H20O3/c1-3-5-9-13(12(15)16-4-2)10-7-6-8-11(13)14/h5,9H,3-4,6-8,10H2,1-2H3/b9-5+. The summed E-state index contributed by atoms with van der Waals surface area (Å²) in [6.07, 6.45) is 7.37. The van der Waals surface area contributed by atoms with Crippen LogP contribution in [-0.4, -0.2) is 18.4 Å². The van der Waals surface area contributed by atoms with Crippen molar-refractivity contribution in [3.05, 3.63) is 12.2 Å². The Labute approximate surface area is 96.9 Å². The smallest absolute Gasteiger partial charge is 0.323 e. The molecule has 0 spiro atoms. The van der Waals surface area contributed by atoms with E-state index < -0.39 is 5.41 Å². The number of ketones is 1. The normalized spacial score (nSPS) is 26.0. The molecule has 1 fully saturated rings. The van der Waals surface area contributed by atoms with E-state index in [0.29, 0.717) is 19.4 Å². The molecule has 0 amide bonds. The van der Waals surface area contributed by atoms with Gasteiger partial charge in [-0.2, -0.15) is 0 Å². The highest BCUT2D eigenvalue weighted by Crippen LogP contribution is 2.36. The Morgan fingerprint density at radius 1 is 1.44 bits per heavy atom. The van der Waals surface area contributed by atoms with Crippen molar-refractivity contribution in [2.24, 2.45) is 5.41 Å². The molecule has 16 heavy (non-hydrogen) atoms. The number of Topliss-reactive ketones (excluding diaryl/α,β-unsaturated/α-hetero) is 1. The van der Waals surface area contributed by atoms with Gasteiger partial charge in [0.25, 0.3) is 0 Å². The van der Waals surface area contributed by atoms with Crippen molar-refractivity contribution in [3.63, 3.8) is 0 Å². The number of ether oxygens (including phenoxy) is 1. The first-order valence-corrected chi connectivity index (χ1v) is 6.05. The van der Waals surface area contributed by atoms with Gasteiger partial charge in [-0.1, -0.05) is 25.5 Å². The molecule has 1 saturated carbocycles. The Balaban J connectivity index is 2.94. The van der Waals surface area contributed by atoms with E-state index in [9.17, 15) is 9.59 Å². The van der Waals surface area contributed by atoms with Gasteiger partial charge in [-0.15, -0.1) is 0 Å². The SMILES string of the molecule is CC/C=C/C1(C(=O)OCC)CCCCC1=O. The third kappa shape index (κ3) is 2.52. The van der Waals surface area contributed by atoms with E-state index in [0.717, 1.165) is 19.3 Å². The number of hydrogen-bond donors (Lipinski definition) is 0. The fourth-order valence-corrected chi connectivity index (χ4v) is 2.09. The molecule has 3 nitrogen and oxygen atoms in total. The Hall–Kier alpha value is -1.12. The molecule has 1 atom stereocenters. The van der Waals surface area contributed by atoms with Gasteiger partial charge >= 0.3 is 5.97 Å². The number of esters is 1. The summed E-state index contributed by atoms with van der Waals surface area (Å²) >= 11 is 0. The summed E-state index contributed by atoms with van der Waals surface area (Å²) in [5.41, 5.74) is -0.982. The van der Waals surface area contributed by atoms with Gasteiger partial charge < -0.3 is 4.74 Å². The molecule has 0 aromatic carbocycles. The molecule has 1 aliphatic carbocycles. The lowest BCUT2D eigenvalue weighted by Crippen LogP contribution is -2.41. The highest BCUT2D eigenvalue weighted by molar-refractivity contribution is 6.06. The lowest BCUT2D eigenvalue weighted by atomic mass is 9.72. The van der Waals surface area contributed by atoms with Gasteiger partial charge in [0.2, 0.25) is 0 Å². The first-order valence-electron chi connectivity index (χ1n) is 6.05. The van der Waals surface area contributed by atoms with Gasteiger partial charge in [0.15, 0.2) is 5.78 Å². The molecule has 1 rings (SSSR count). The molecule has 0 heterocycles. The lowest BCUT2D eigenvalue weighted by molar-refractivity contribution is -0.158. The Morgan fingerprint density at radius 3 is 2.75 bits per heavy atom. The van der Waals surface area contributed by atoms with Crippen LogP contribution in [0, 0.1) is 5.41 Å². The molecule has 1 aliphatic rings. The number of rotatable bonds is 4. The minimum atomic E-state index is -0.982. The lowest BCUT2D eigenvalue weighted by Gasteiger charge is -2.30. The molecule has 0 aromatic heterocycles. The van der Waals surface area contributed by atoms with Crippen molar-refractivity contribution in [2.45, 2.75) is 46.0 Å². The molecular weight excluding hydrogens is 204 g/mol. The Kier molecular flexibility index (Phi) is 4.71. The molecule has 1 unspecified atom stereocenters. The second-order valence-electron chi connectivity index (χ2n) is 4.13. The van der Waals surface area contributed by atoms with Crippen molar-refractivity contribution < 1.29 is 14.3 Å². The first-order chi connectivity index (χ1) is 7.67. The van der Waals surface area contributed by atoms with E-state index >= 15 is 0 Å². The van der Waals surface area contributed by atoms with E-state index in [-0.39, 0.29) is 11.8 Å². The van der Waals surface area contributed by atoms with E-state index in [1.165, 1.54) is 0 Å². The maximum atomic E-state index is 12.0. The monoisotopic (exact) mass is 224 g/mol. The molecular formula is C13H20O3. The predicted octanol–water partition coefficient (Wildman–Crippen LogP) is 2.65. The van der Waals surface area contributed by atoms with E-state index in [1.807, 2.05) is 13.0 Å². The van der Waals surface area contributed by atoms with Crippen LogP contribution in [0.25, 0.3) is 0 Å². The number of allylic oxidation sites excluding steroid dienone is 1. The maximum Gasteiger partial charge on any atom is 0.323 e. The first kappa shape index (κ1) is 12.9. The molecule has 0 bridgehead atoms. The molecule has 3 heteroatoms. The second kappa shape index (κ2) is 5.83. The molecule has 90 valence electrons. The molecule has 0 saturated heterocycles. The van der Waals surface area contributed by atoms with Crippen LogP contribution >= 0.6 is 0 Å². The van der Waals surface area contributed by atoms with Crippen LogP contribution in [0.2, 0.25) is 0 Å². The third-order valence-corrected chi connectivity index (χ3v) is 3.00. The van der Waals surface area contributed by atoms with Crippen LogP contribution in [0.15, 0.2) is 12.2 Å². The predicted molar refractivity (Wildman–Crippen MR) is 62.0 cm³/mol. The van der Waals surface area contributed by atoms with Gasteiger partial charge in [0.05, 0.1) is 6.61 Å². The zero-order valence-corrected chi connectivity index (χ0v) is 10.1. The summed E-state index contributed by atoms with van der Waals surface area (Å²) in [5.74, 6) is -0.355. The zero-order valence-electron chi connectivity index (χ0n) is 10.1. The second-order valence-corrected chi connectivity index (χ2v) is 4.13. The largest absolute Gasteiger partial charge is 0.465 e. The third-order valence-electron chi connectivity index (χ3n) is 3.00. The van der Waals surface area contributed by atoms with Gasteiger partial charge in [0.1, 0.15) is 5.41 Å². The average molecular weight is 224 g/mol. The number of carbonyl (C=O) groups excluding carboxylic acids is 2. The number of carbonyl (C=O) groups is 2. The molecule has 0 aliphatic heterocycles. The van der Waals surface area contributed by atoms with Gasteiger partial charge in [-0.25, -0.2) is 0 Å². The van der Waals surface area contributed by atoms with Crippen LogP contribution in [-0.2, 0) is 14.3 Å². The van der Waals surface area contributed by atoms with Crippen LogP contribution in [0.4, 0.5) is 0 Å². The van der Waals surface area contributed by atoms with Crippen LogP contribution in [0.1, 0.15) is 46.0 Å². The quantitative estimate of drug-likeness (QED) is 0.419. The Bertz CT molecular complexity index is 294. The average Bonchev–Trinajstić information content (AvgIpc) is 2.28. The minimum Gasteiger partial charge on any atom is -0.465 e. The maximum absolute atomic E-state index is 12.0. The number of hydrogen-bond acceptors (Lipinski definition) is 3. The Morgan fingerprint density at radius 2 is 2.19 bits per heavy atom. The van der Waals surface area contributed by atoms with Gasteiger partial charge in [-0.3, -0.25) is 9.59 Å². The van der Waals surface area contributed by atoms with Crippen molar-refractivity contribution in [2.75, 3.05) is 6.61 Å². The highest BCUT2D eigenvalue weighted by Gasteiger charge is 2.45. The molecule has 0 N–H and O–H groups in total. The fourth-order valence-electron chi connectivity index (χ4n) is 2.09. The van der Waals surface area contributed by atoms with Crippen molar-refractivity contribution in [1.29, 1.82) is 0 Å². The summed E-state index contributed by atoms with van der Waals surface area (Å²) in [7, 11) is 0. The zero-order chi connectivity index (χ0) is 12.0. The topological polar surface area (TPSA) is 43.4 Å².